The van der Waals surface area contributed by atoms with Crippen LogP contribution in [0.15, 0.2) is 53.4 Å². The third-order valence-electron chi connectivity index (χ3n) is 5.94. The Balaban J connectivity index is 1.50. The van der Waals surface area contributed by atoms with Gasteiger partial charge in [0.25, 0.3) is 0 Å². The minimum Gasteiger partial charge on any atom is -0.341 e. The number of hydrogen-bond donors (Lipinski definition) is 0. The molecule has 2 heterocycles. The molecule has 9 heteroatoms. The quantitative estimate of drug-likeness (QED) is 0.570. The van der Waals surface area contributed by atoms with Crippen LogP contribution < -0.4 is 0 Å². The molecule has 0 radical (unpaired) electrons. The van der Waals surface area contributed by atoms with Crippen LogP contribution in [0.4, 0.5) is 0 Å². The molecule has 1 saturated heterocycles. The second kappa shape index (κ2) is 8.99. The molecule has 0 spiro atoms. The summed E-state index contributed by atoms with van der Waals surface area (Å²) >= 11 is 0. The highest BCUT2D eigenvalue weighted by Gasteiger charge is 2.34. The van der Waals surface area contributed by atoms with E-state index in [0.717, 1.165) is 11.1 Å². The Morgan fingerprint density at radius 1 is 1.19 bits per heavy atom. The third-order valence-corrected chi connectivity index (χ3v) is 7.80. The summed E-state index contributed by atoms with van der Waals surface area (Å²) in [5.74, 6) is -0.373. The molecule has 8 nitrogen and oxygen atoms in total. The predicted molar refractivity (Wildman–Crippen MR) is 122 cm³/mol. The Morgan fingerprint density at radius 3 is 2.66 bits per heavy atom. The Hall–Kier alpha value is -2.78. The van der Waals surface area contributed by atoms with Gasteiger partial charge in [-0.05, 0) is 50.5 Å². The van der Waals surface area contributed by atoms with Crippen molar-refractivity contribution in [3.05, 3.63) is 54.1 Å². The molecule has 3 aromatic rings. The maximum atomic E-state index is 13.3. The van der Waals surface area contributed by atoms with E-state index in [2.05, 4.69) is 10.3 Å². The normalized spacial score (nSPS) is 17.7. The van der Waals surface area contributed by atoms with Crippen molar-refractivity contribution in [1.82, 2.24) is 24.2 Å². The van der Waals surface area contributed by atoms with Crippen molar-refractivity contribution in [3.63, 3.8) is 0 Å². The van der Waals surface area contributed by atoms with Gasteiger partial charge in [0, 0.05) is 32.7 Å². The lowest BCUT2D eigenvalue weighted by atomic mass is 9.98. The van der Waals surface area contributed by atoms with Gasteiger partial charge < -0.3 is 4.90 Å². The predicted octanol–water partition coefficient (Wildman–Crippen LogP) is 3.07. The molecule has 1 fully saturated rings. The molecule has 1 amide bonds. The molecule has 2 aromatic carbocycles. The largest absolute Gasteiger partial charge is 0.341 e. The van der Waals surface area contributed by atoms with E-state index in [0.29, 0.717) is 31.4 Å². The van der Waals surface area contributed by atoms with Crippen LogP contribution in [0.3, 0.4) is 0 Å². The van der Waals surface area contributed by atoms with Gasteiger partial charge in [-0.2, -0.15) is 4.31 Å². The smallest absolute Gasteiger partial charge is 0.243 e. The lowest BCUT2D eigenvalue weighted by Crippen LogP contribution is -2.45. The number of hydrogen-bond acceptors (Lipinski definition) is 5. The first kappa shape index (κ1) is 22.4. The van der Waals surface area contributed by atoms with Crippen LogP contribution in [0, 0.1) is 5.92 Å². The zero-order valence-electron chi connectivity index (χ0n) is 18.7. The number of benzene rings is 2. The van der Waals surface area contributed by atoms with Gasteiger partial charge in [0.05, 0.1) is 16.3 Å². The number of carbonyl (C=O) groups is 1. The fourth-order valence-corrected chi connectivity index (χ4v) is 5.77. The molecular formula is C23H29N5O3S. The second-order valence-electron chi connectivity index (χ2n) is 8.66. The summed E-state index contributed by atoms with van der Waals surface area (Å²) in [5.41, 5.74) is 2.39. The van der Waals surface area contributed by atoms with E-state index < -0.39 is 10.0 Å². The topological polar surface area (TPSA) is 88.4 Å². The summed E-state index contributed by atoms with van der Waals surface area (Å²) < 4.78 is 29.9. The SMILES string of the molecule is CC(C)n1nnc2cc(S(=O)(=O)N3CCCC(C(=O)N(C)Cc4ccccc4)C3)ccc21. The molecule has 4 rings (SSSR count). The van der Waals surface area contributed by atoms with Gasteiger partial charge in [-0.3, -0.25) is 4.79 Å². The first-order valence-corrected chi connectivity index (χ1v) is 12.4. The second-order valence-corrected chi connectivity index (χ2v) is 10.6. The maximum Gasteiger partial charge on any atom is 0.243 e. The molecule has 1 aromatic heterocycles. The summed E-state index contributed by atoms with van der Waals surface area (Å²) in [7, 11) is -1.96. The first-order chi connectivity index (χ1) is 15.3. The van der Waals surface area contributed by atoms with Crippen LogP contribution in [0.5, 0.6) is 0 Å². The molecule has 170 valence electrons. The Bertz CT molecular complexity index is 1210. The number of carbonyl (C=O) groups excluding carboxylic acids is 1. The van der Waals surface area contributed by atoms with Gasteiger partial charge in [0.15, 0.2) is 0 Å². The molecule has 1 aliphatic rings. The van der Waals surface area contributed by atoms with Crippen molar-refractivity contribution in [2.75, 3.05) is 20.1 Å². The zero-order valence-corrected chi connectivity index (χ0v) is 19.5. The maximum absolute atomic E-state index is 13.3. The van der Waals surface area contributed by atoms with E-state index >= 15 is 0 Å². The van der Waals surface area contributed by atoms with E-state index in [4.69, 9.17) is 0 Å². The summed E-state index contributed by atoms with van der Waals surface area (Å²) in [5, 5.41) is 8.26. The van der Waals surface area contributed by atoms with E-state index in [1.54, 1.807) is 34.8 Å². The highest BCUT2D eigenvalue weighted by atomic mass is 32.2. The van der Waals surface area contributed by atoms with Crippen molar-refractivity contribution >= 4 is 27.0 Å². The van der Waals surface area contributed by atoms with Gasteiger partial charge in [-0.15, -0.1) is 5.10 Å². The fraction of sp³-hybridized carbons (Fsp3) is 0.435. The molecule has 32 heavy (non-hydrogen) atoms. The third kappa shape index (κ3) is 4.40. The van der Waals surface area contributed by atoms with Crippen molar-refractivity contribution in [1.29, 1.82) is 0 Å². The molecule has 1 unspecified atom stereocenters. The number of fused-ring (bicyclic) bond motifs is 1. The molecule has 0 aliphatic carbocycles. The number of rotatable bonds is 6. The Morgan fingerprint density at radius 2 is 1.94 bits per heavy atom. The van der Waals surface area contributed by atoms with Gasteiger partial charge in [0.1, 0.15) is 5.52 Å². The summed E-state index contributed by atoms with van der Waals surface area (Å²) in [6.07, 6.45) is 1.34. The molecule has 0 saturated carbocycles. The molecule has 0 bridgehead atoms. The molecule has 0 N–H and O–H groups in total. The fourth-order valence-electron chi connectivity index (χ4n) is 4.22. The number of piperidine rings is 1. The number of nitrogens with zero attached hydrogens (tertiary/aromatic N) is 5. The molecular weight excluding hydrogens is 426 g/mol. The van der Waals surface area contributed by atoms with Crippen LogP contribution in [0.2, 0.25) is 0 Å². The van der Waals surface area contributed by atoms with E-state index in [-0.39, 0.29) is 29.3 Å². The van der Waals surface area contributed by atoms with Crippen molar-refractivity contribution in [3.8, 4) is 0 Å². The van der Waals surface area contributed by atoms with Gasteiger partial charge >= 0.3 is 0 Å². The lowest BCUT2D eigenvalue weighted by molar-refractivity contribution is -0.135. The lowest BCUT2D eigenvalue weighted by Gasteiger charge is -2.33. The van der Waals surface area contributed by atoms with Gasteiger partial charge in [-0.25, -0.2) is 13.1 Å². The van der Waals surface area contributed by atoms with Crippen molar-refractivity contribution < 1.29 is 13.2 Å². The highest BCUT2D eigenvalue weighted by molar-refractivity contribution is 7.89. The summed E-state index contributed by atoms with van der Waals surface area (Å²) in [4.78, 5) is 14.9. The number of amides is 1. The van der Waals surface area contributed by atoms with Crippen LogP contribution in [-0.4, -0.2) is 58.7 Å². The first-order valence-electron chi connectivity index (χ1n) is 10.9. The average Bonchev–Trinajstić information content (AvgIpc) is 3.23. The molecule has 1 aliphatic heterocycles. The van der Waals surface area contributed by atoms with Gasteiger partial charge in [-0.1, -0.05) is 35.5 Å². The minimum atomic E-state index is -3.73. The van der Waals surface area contributed by atoms with E-state index in [9.17, 15) is 13.2 Å². The Kier molecular flexibility index (Phi) is 6.30. The average molecular weight is 456 g/mol. The van der Waals surface area contributed by atoms with Gasteiger partial charge in [0.2, 0.25) is 15.9 Å². The van der Waals surface area contributed by atoms with E-state index in [1.807, 2.05) is 44.2 Å². The Labute approximate surface area is 188 Å². The monoisotopic (exact) mass is 455 g/mol. The minimum absolute atomic E-state index is 0.0240. The van der Waals surface area contributed by atoms with Crippen molar-refractivity contribution in [2.24, 2.45) is 5.92 Å². The highest BCUT2D eigenvalue weighted by Crippen LogP contribution is 2.27. The molecule has 1 atom stereocenters. The van der Waals surface area contributed by atoms with Crippen LogP contribution in [0.1, 0.15) is 38.3 Å². The van der Waals surface area contributed by atoms with E-state index in [1.165, 1.54) is 4.31 Å². The van der Waals surface area contributed by atoms with Crippen LogP contribution in [-0.2, 0) is 21.4 Å². The van der Waals surface area contributed by atoms with Crippen LogP contribution in [0.25, 0.3) is 11.0 Å². The van der Waals surface area contributed by atoms with Crippen molar-refractivity contribution in [2.45, 2.75) is 44.2 Å². The summed E-state index contributed by atoms with van der Waals surface area (Å²) in [6.45, 7) is 5.10. The van der Waals surface area contributed by atoms with Crippen LogP contribution >= 0.6 is 0 Å². The number of aromatic nitrogens is 3. The standard InChI is InChI=1S/C23H29N5O3S/c1-17(2)28-22-12-11-20(14-21(22)24-25-28)32(30,31)27-13-7-10-19(16-27)23(29)26(3)15-18-8-5-4-6-9-18/h4-6,8-9,11-12,14,17,19H,7,10,13,15-16H2,1-3H3. The summed E-state index contributed by atoms with van der Waals surface area (Å²) in [6, 6.07) is 14.8. The zero-order chi connectivity index (χ0) is 22.9. The number of sulfonamides is 1.